The highest BCUT2D eigenvalue weighted by atomic mass is 16.3. The Bertz CT molecular complexity index is 664. The van der Waals surface area contributed by atoms with Gasteiger partial charge in [0, 0.05) is 27.7 Å². The molecular weight excluding hydrogens is 330 g/mol. The number of nitrogens with zero attached hydrogens (tertiary/aromatic N) is 3. The molecule has 2 amide bonds. The van der Waals surface area contributed by atoms with Crippen LogP contribution in [-0.4, -0.2) is 78.5 Å². The molecule has 2 saturated heterocycles. The van der Waals surface area contributed by atoms with Gasteiger partial charge in [0.15, 0.2) is 0 Å². The highest BCUT2D eigenvalue weighted by Crippen LogP contribution is 2.45. The van der Waals surface area contributed by atoms with E-state index in [1.54, 1.807) is 30.9 Å². The molecule has 0 radical (unpaired) electrons. The van der Waals surface area contributed by atoms with Gasteiger partial charge < -0.3 is 14.9 Å². The maximum absolute atomic E-state index is 13.3. The fourth-order valence-corrected chi connectivity index (χ4v) is 4.49. The molecule has 2 aliphatic heterocycles. The smallest absolute Gasteiger partial charge is 0.236 e. The summed E-state index contributed by atoms with van der Waals surface area (Å²) in [5.41, 5.74) is 0.366. The Kier molecular flexibility index (Phi) is 5.34. The number of rotatable bonds is 3. The minimum absolute atomic E-state index is 0.0429. The molecule has 6 nitrogen and oxygen atoms in total. The van der Waals surface area contributed by atoms with Crippen LogP contribution in [0.1, 0.15) is 30.9 Å². The molecule has 2 heterocycles. The average molecular weight is 359 g/mol. The van der Waals surface area contributed by atoms with Crippen molar-refractivity contribution in [3.8, 4) is 0 Å². The zero-order chi connectivity index (χ0) is 18.9. The molecule has 0 aromatic heterocycles. The topological polar surface area (TPSA) is 64.1 Å². The summed E-state index contributed by atoms with van der Waals surface area (Å²) in [6, 6.07) is 9.40. The first-order valence-electron chi connectivity index (χ1n) is 9.27. The summed E-state index contributed by atoms with van der Waals surface area (Å²) in [5, 5.41) is 10.9. The van der Waals surface area contributed by atoms with Crippen molar-refractivity contribution in [3.63, 3.8) is 0 Å². The minimum atomic E-state index is -0.607. The summed E-state index contributed by atoms with van der Waals surface area (Å²) in [7, 11) is 5.28. The van der Waals surface area contributed by atoms with Crippen LogP contribution in [0.4, 0.5) is 0 Å². The fourth-order valence-electron chi connectivity index (χ4n) is 4.49. The highest BCUT2D eigenvalue weighted by molar-refractivity contribution is 5.85. The fraction of sp³-hybridized carbons (Fsp3) is 0.600. The largest absolute Gasteiger partial charge is 0.391 e. The second kappa shape index (κ2) is 7.37. The molecule has 1 N–H and O–H groups in total. The van der Waals surface area contributed by atoms with Gasteiger partial charge in [-0.2, -0.15) is 0 Å². The quantitative estimate of drug-likeness (QED) is 0.879. The number of likely N-dealkylation sites (N-methyl/N-ethyl adjacent to an activating group) is 2. The third-order valence-corrected chi connectivity index (χ3v) is 5.81. The molecule has 3 atom stereocenters. The summed E-state index contributed by atoms with van der Waals surface area (Å²) in [6.45, 7) is 1.68. The van der Waals surface area contributed by atoms with Crippen LogP contribution < -0.4 is 0 Å². The van der Waals surface area contributed by atoms with E-state index < -0.39 is 11.5 Å². The lowest BCUT2D eigenvalue weighted by atomic mass is 9.69. The van der Waals surface area contributed by atoms with Crippen molar-refractivity contribution >= 4 is 11.8 Å². The molecule has 0 saturated carbocycles. The van der Waals surface area contributed by atoms with Gasteiger partial charge in [-0.3, -0.25) is 14.5 Å². The van der Waals surface area contributed by atoms with Crippen LogP contribution >= 0.6 is 0 Å². The number of benzene rings is 1. The first kappa shape index (κ1) is 18.9. The Morgan fingerprint density at radius 3 is 2.65 bits per heavy atom. The van der Waals surface area contributed by atoms with E-state index >= 15 is 0 Å². The molecule has 0 unspecified atom stereocenters. The van der Waals surface area contributed by atoms with E-state index in [4.69, 9.17) is 0 Å². The van der Waals surface area contributed by atoms with Gasteiger partial charge in [0.2, 0.25) is 11.8 Å². The standard InChI is InChI=1S/C20H29N3O3/c1-21(2)17(25)13-23-11-7-10-20(14-23)12-16(24)18(22(3)19(20)26)15-8-5-4-6-9-15/h4-6,8-9,16,18,24H,7,10-14H2,1-3H3/t16-,18+,20-/m1/s1. The second-order valence-electron chi connectivity index (χ2n) is 7.93. The van der Waals surface area contributed by atoms with E-state index in [1.165, 1.54) is 0 Å². The van der Waals surface area contributed by atoms with Crippen molar-refractivity contribution in [3.05, 3.63) is 35.9 Å². The number of carbonyl (C=O) groups excluding carboxylic acids is 2. The van der Waals surface area contributed by atoms with Gasteiger partial charge in [-0.25, -0.2) is 0 Å². The van der Waals surface area contributed by atoms with Gasteiger partial charge >= 0.3 is 0 Å². The summed E-state index contributed by atoms with van der Waals surface area (Å²) >= 11 is 0. The van der Waals surface area contributed by atoms with E-state index in [1.807, 2.05) is 30.3 Å². The lowest BCUT2D eigenvalue weighted by molar-refractivity contribution is -0.163. The summed E-state index contributed by atoms with van der Waals surface area (Å²) in [4.78, 5) is 30.7. The molecule has 26 heavy (non-hydrogen) atoms. The third-order valence-electron chi connectivity index (χ3n) is 5.81. The molecule has 0 aliphatic carbocycles. The number of aliphatic hydroxyl groups excluding tert-OH is 1. The molecule has 0 bridgehead atoms. The van der Waals surface area contributed by atoms with E-state index in [0.29, 0.717) is 19.5 Å². The Morgan fingerprint density at radius 2 is 2.00 bits per heavy atom. The van der Waals surface area contributed by atoms with Crippen molar-refractivity contribution in [1.29, 1.82) is 0 Å². The van der Waals surface area contributed by atoms with Crippen LogP contribution in [0, 0.1) is 5.41 Å². The molecule has 2 aliphatic rings. The zero-order valence-electron chi connectivity index (χ0n) is 15.9. The number of likely N-dealkylation sites (tertiary alicyclic amines) is 2. The first-order valence-corrected chi connectivity index (χ1v) is 9.27. The van der Waals surface area contributed by atoms with Gasteiger partial charge in [-0.15, -0.1) is 0 Å². The van der Waals surface area contributed by atoms with Crippen molar-refractivity contribution in [1.82, 2.24) is 14.7 Å². The SMILES string of the molecule is CN(C)C(=O)CN1CCC[C@@]2(C[C@@H](O)[C@H](c3ccccc3)N(C)C2=O)C1. The average Bonchev–Trinajstić information content (AvgIpc) is 2.61. The molecule has 1 spiro atoms. The summed E-state index contributed by atoms with van der Waals surface area (Å²) in [6.07, 6.45) is 1.47. The van der Waals surface area contributed by atoms with E-state index in [2.05, 4.69) is 4.90 Å². The predicted molar refractivity (Wildman–Crippen MR) is 99.4 cm³/mol. The predicted octanol–water partition coefficient (Wildman–Crippen LogP) is 1.12. The number of hydrogen-bond acceptors (Lipinski definition) is 4. The van der Waals surface area contributed by atoms with E-state index in [9.17, 15) is 14.7 Å². The van der Waals surface area contributed by atoms with Gasteiger partial charge in [0.1, 0.15) is 0 Å². The normalized spacial score (nSPS) is 29.8. The Morgan fingerprint density at radius 1 is 1.31 bits per heavy atom. The number of aliphatic hydroxyl groups is 1. The van der Waals surface area contributed by atoms with E-state index in [0.717, 1.165) is 24.9 Å². The Labute approximate surface area is 155 Å². The molecule has 1 aromatic rings. The van der Waals surface area contributed by atoms with Gasteiger partial charge in [0.05, 0.1) is 24.1 Å². The van der Waals surface area contributed by atoms with Crippen LogP contribution in [0.15, 0.2) is 30.3 Å². The molecule has 1 aromatic carbocycles. The van der Waals surface area contributed by atoms with Crippen molar-refractivity contribution in [2.24, 2.45) is 5.41 Å². The number of carbonyl (C=O) groups is 2. The number of hydrogen-bond donors (Lipinski definition) is 1. The summed E-state index contributed by atoms with van der Waals surface area (Å²) in [5.74, 6) is 0.125. The molecule has 6 heteroatoms. The van der Waals surface area contributed by atoms with Crippen molar-refractivity contribution < 1.29 is 14.7 Å². The monoisotopic (exact) mass is 359 g/mol. The lowest BCUT2D eigenvalue weighted by Crippen LogP contribution is -2.60. The van der Waals surface area contributed by atoms with Crippen LogP contribution in [0.5, 0.6) is 0 Å². The van der Waals surface area contributed by atoms with Gasteiger partial charge in [-0.05, 0) is 31.4 Å². The number of amides is 2. The lowest BCUT2D eigenvalue weighted by Gasteiger charge is -2.51. The third kappa shape index (κ3) is 3.48. The van der Waals surface area contributed by atoms with Gasteiger partial charge in [-0.1, -0.05) is 30.3 Å². The van der Waals surface area contributed by atoms with E-state index in [-0.39, 0.29) is 17.9 Å². The van der Waals surface area contributed by atoms with Crippen molar-refractivity contribution in [2.75, 3.05) is 40.8 Å². The Hall–Kier alpha value is -1.92. The Balaban J connectivity index is 1.79. The molecule has 3 rings (SSSR count). The van der Waals surface area contributed by atoms with Gasteiger partial charge in [0.25, 0.3) is 0 Å². The van der Waals surface area contributed by atoms with Crippen molar-refractivity contribution in [2.45, 2.75) is 31.4 Å². The zero-order valence-corrected chi connectivity index (χ0v) is 15.9. The molecular formula is C20H29N3O3. The number of piperidine rings is 2. The first-order chi connectivity index (χ1) is 12.3. The van der Waals surface area contributed by atoms with Crippen LogP contribution in [0.2, 0.25) is 0 Å². The maximum Gasteiger partial charge on any atom is 0.236 e. The van der Waals surface area contributed by atoms with Crippen LogP contribution in [0.3, 0.4) is 0 Å². The molecule has 142 valence electrons. The highest BCUT2D eigenvalue weighted by Gasteiger charge is 2.52. The second-order valence-corrected chi connectivity index (χ2v) is 7.93. The maximum atomic E-state index is 13.3. The van der Waals surface area contributed by atoms with Crippen LogP contribution in [0.25, 0.3) is 0 Å². The summed E-state index contributed by atoms with van der Waals surface area (Å²) < 4.78 is 0. The minimum Gasteiger partial charge on any atom is -0.391 e. The van der Waals surface area contributed by atoms with Crippen LogP contribution in [-0.2, 0) is 9.59 Å². The molecule has 2 fully saturated rings.